The molecule has 1 aromatic carbocycles. The molecule has 2 unspecified atom stereocenters. The van der Waals surface area contributed by atoms with E-state index in [0.29, 0.717) is 18.1 Å². The molecule has 106 valence electrons. The summed E-state index contributed by atoms with van der Waals surface area (Å²) in [4.78, 5) is 0. The number of hydrogen-bond donors (Lipinski definition) is 1. The zero-order valence-corrected chi connectivity index (χ0v) is 13.7. The van der Waals surface area contributed by atoms with Crippen LogP contribution in [-0.4, -0.2) is 6.10 Å². The molecule has 0 aromatic heterocycles. The maximum atomic E-state index is 6.17. The Morgan fingerprint density at radius 1 is 1.37 bits per heavy atom. The van der Waals surface area contributed by atoms with Gasteiger partial charge in [-0.3, -0.25) is 0 Å². The summed E-state index contributed by atoms with van der Waals surface area (Å²) in [7, 11) is 0. The van der Waals surface area contributed by atoms with Crippen molar-refractivity contribution in [3.05, 3.63) is 28.2 Å². The molecule has 2 atom stereocenters. The first-order valence-corrected chi connectivity index (χ1v) is 7.84. The molecule has 3 heteroatoms. The van der Waals surface area contributed by atoms with Crippen molar-refractivity contribution < 1.29 is 4.74 Å². The van der Waals surface area contributed by atoms with Crippen molar-refractivity contribution >= 4 is 15.9 Å². The largest absolute Gasteiger partial charge is 0.490 e. The van der Waals surface area contributed by atoms with Crippen LogP contribution in [0.1, 0.15) is 45.6 Å². The fraction of sp³-hybridized carbons (Fsp3) is 0.625. The second kappa shape index (κ2) is 5.84. The summed E-state index contributed by atoms with van der Waals surface area (Å²) in [6.45, 7) is 7.55. The second-order valence-electron chi connectivity index (χ2n) is 6.61. The molecule has 2 N–H and O–H groups in total. The highest BCUT2D eigenvalue weighted by molar-refractivity contribution is 9.10. The lowest BCUT2D eigenvalue weighted by molar-refractivity contribution is 0.0562. The molecule has 1 aliphatic rings. The number of benzene rings is 1. The Labute approximate surface area is 124 Å². The monoisotopic (exact) mass is 325 g/mol. The minimum atomic E-state index is 0.328. The van der Waals surface area contributed by atoms with E-state index in [0.717, 1.165) is 34.5 Å². The highest BCUT2D eigenvalue weighted by atomic mass is 79.9. The van der Waals surface area contributed by atoms with Crippen LogP contribution in [0.4, 0.5) is 0 Å². The van der Waals surface area contributed by atoms with Gasteiger partial charge in [-0.1, -0.05) is 42.8 Å². The quantitative estimate of drug-likeness (QED) is 0.887. The predicted molar refractivity (Wildman–Crippen MR) is 83.2 cm³/mol. The number of halogens is 1. The number of hydrogen-bond acceptors (Lipinski definition) is 2. The Hall–Kier alpha value is -0.540. The molecule has 2 nitrogen and oxygen atoms in total. The van der Waals surface area contributed by atoms with Crippen molar-refractivity contribution in [3.63, 3.8) is 0 Å². The van der Waals surface area contributed by atoms with Gasteiger partial charge in [0.05, 0.1) is 6.10 Å². The third-order valence-electron chi connectivity index (χ3n) is 3.89. The first-order chi connectivity index (χ1) is 8.89. The van der Waals surface area contributed by atoms with Gasteiger partial charge in [-0.25, -0.2) is 0 Å². The van der Waals surface area contributed by atoms with Gasteiger partial charge in [-0.2, -0.15) is 0 Å². The molecule has 0 spiro atoms. The normalized spacial score (nSPS) is 26.2. The Morgan fingerprint density at radius 3 is 2.68 bits per heavy atom. The van der Waals surface area contributed by atoms with Crippen molar-refractivity contribution in [1.29, 1.82) is 0 Å². The highest BCUT2D eigenvalue weighted by Gasteiger charge is 2.33. The van der Waals surface area contributed by atoms with Crippen LogP contribution in [0.2, 0.25) is 0 Å². The summed E-state index contributed by atoms with van der Waals surface area (Å²) < 4.78 is 7.21. The van der Waals surface area contributed by atoms with E-state index in [9.17, 15) is 0 Å². The van der Waals surface area contributed by atoms with Crippen molar-refractivity contribution in [1.82, 2.24) is 0 Å². The van der Waals surface area contributed by atoms with Gasteiger partial charge in [0.1, 0.15) is 5.75 Å². The van der Waals surface area contributed by atoms with Gasteiger partial charge in [-0.15, -0.1) is 0 Å². The second-order valence-corrected chi connectivity index (χ2v) is 7.46. The number of rotatable bonds is 3. The maximum Gasteiger partial charge on any atom is 0.120 e. The minimum Gasteiger partial charge on any atom is -0.490 e. The van der Waals surface area contributed by atoms with Gasteiger partial charge >= 0.3 is 0 Å². The smallest absolute Gasteiger partial charge is 0.120 e. The zero-order chi connectivity index (χ0) is 14.0. The lowest BCUT2D eigenvalue weighted by atomic mass is 9.71. The van der Waals surface area contributed by atoms with E-state index in [-0.39, 0.29) is 0 Å². The first-order valence-electron chi connectivity index (χ1n) is 7.05. The number of ether oxygens (including phenoxy) is 1. The predicted octanol–water partition coefficient (Wildman–Crippen LogP) is 4.50. The van der Waals surface area contributed by atoms with Gasteiger partial charge in [0.2, 0.25) is 0 Å². The average molecular weight is 326 g/mol. The summed E-state index contributed by atoms with van der Waals surface area (Å²) in [5.74, 6) is 1.68. The van der Waals surface area contributed by atoms with Gasteiger partial charge in [0, 0.05) is 11.0 Å². The molecule has 2 rings (SSSR count). The van der Waals surface area contributed by atoms with E-state index in [4.69, 9.17) is 10.5 Å². The lowest BCUT2D eigenvalue weighted by Crippen LogP contribution is -2.34. The van der Waals surface area contributed by atoms with Crippen LogP contribution < -0.4 is 10.5 Å². The van der Waals surface area contributed by atoms with Crippen molar-refractivity contribution in [2.45, 2.75) is 52.7 Å². The highest BCUT2D eigenvalue weighted by Crippen LogP contribution is 2.40. The molecule has 0 heterocycles. The van der Waals surface area contributed by atoms with E-state index in [2.05, 4.69) is 36.7 Å². The molecular formula is C16H24BrNO. The summed E-state index contributed by atoms with van der Waals surface area (Å²) in [5.41, 5.74) is 7.17. The molecule has 0 aliphatic heterocycles. The zero-order valence-electron chi connectivity index (χ0n) is 12.1. The van der Waals surface area contributed by atoms with Crippen LogP contribution in [0.15, 0.2) is 22.7 Å². The minimum absolute atomic E-state index is 0.328. The summed E-state index contributed by atoms with van der Waals surface area (Å²) in [6, 6.07) is 6.10. The van der Waals surface area contributed by atoms with E-state index < -0.39 is 0 Å². The van der Waals surface area contributed by atoms with Crippen LogP contribution in [0, 0.1) is 11.3 Å². The standard InChI is InChI=1S/C16H24BrNO/c1-11-6-14(9-16(2,3)8-11)19-13-5-4-12(10-18)15(17)7-13/h4-5,7,11,14H,6,8-10,18H2,1-3H3. The third kappa shape index (κ3) is 3.96. The first kappa shape index (κ1) is 14.9. The maximum absolute atomic E-state index is 6.17. The van der Waals surface area contributed by atoms with Gasteiger partial charge in [0.25, 0.3) is 0 Å². The van der Waals surface area contributed by atoms with Crippen LogP contribution in [-0.2, 0) is 6.54 Å². The molecule has 0 amide bonds. The molecule has 0 saturated heterocycles. The Morgan fingerprint density at radius 2 is 2.11 bits per heavy atom. The summed E-state index contributed by atoms with van der Waals surface area (Å²) >= 11 is 3.55. The Bertz CT molecular complexity index is 444. The van der Waals surface area contributed by atoms with Crippen LogP contribution >= 0.6 is 15.9 Å². The Balaban J connectivity index is 2.06. The molecule has 1 aliphatic carbocycles. The van der Waals surface area contributed by atoms with E-state index in [1.807, 2.05) is 18.2 Å². The fourth-order valence-electron chi connectivity index (χ4n) is 3.31. The molecule has 19 heavy (non-hydrogen) atoms. The molecule has 1 aromatic rings. The van der Waals surface area contributed by atoms with Crippen molar-refractivity contribution in [2.24, 2.45) is 17.1 Å². The van der Waals surface area contributed by atoms with E-state index in [1.165, 1.54) is 6.42 Å². The van der Waals surface area contributed by atoms with Gasteiger partial charge in [0.15, 0.2) is 0 Å². The van der Waals surface area contributed by atoms with Crippen molar-refractivity contribution in [3.8, 4) is 5.75 Å². The van der Waals surface area contributed by atoms with Crippen LogP contribution in [0.3, 0.4) is 0 Å². The lowest BCUT2D eigenvalue weighted by Gasteiger charge is -2.38. The summed E-state index contributed by atoms with van der Waals surface area (Å²) in [6.07, 6.45) is 3.91. The molecular weight excluding hydrogens is 302 g/mol. The van der Waals surface area contributed by atoms with Gasteiger partial charge < -0.3 is 10.5 Å². The van der Waals surface area contributed by atoms with Crippen LogP contribution in [0.5, 0.6) is 5.75 Å². The Kier molecular flexibility index (Phi) is 4.57. The molecule has 0 bridgehead atoms. The summed E-state index contributed by atoms with van der Waals surface area (Å²) in [5, 5.41) is 0. The SMILES string of the molecule is CC1CC(Oc2ccc(CN)c(Br)c2)CC(C)(C)C1. The molecule has 1 saturated carbocycles. The molecule has 0 radical (unpaired) electrons. The van der Waals surface area contributed by atoms with Crippen LogP contribution in [0.25, 0.3) is 0 Å². The fourth-order valence-corrected chi connectivity index (χ4v) is 3.83. The average Bonchev–Trinajstić information content (AvgIpc) is 2.26. The van der Waals surface area contributed by atoms with Gasteiger partial charge in [-0.05, 0) is 48.3 Å². The topological polar surface area (TPSA) is 35.2 Å². The van der Waals surface area contributed by atoms with E-state index in [1.54, 1.807) is 0 Å². The van der Waals surface area contributed by atoms with Crippen molar-refractivity contribution in [2.75, 3.05) is 0 Å². The molecule has 1 fully saturated rings. The third-order valence-corrected chi connectivity index (χ3v) is 4.63. The number of nitrogens with two attached hydrogens (primary N) is 1. The van der Waals surface area contributed by atoms with E-state index >= 15 is 0 Å².